The Bertz CT molecular complexity index is 1270. The maximum atomic E-state index is 13.0. The highest BCUT2D eigenvalue weighted by atomic mass is 79.9. The number of hydrogen-bond acceptors (Lipinski definition) is 3. The average molecular weight is 560 g/mol. The minimum atomic E-state index is -3.68. The van der Waals surface area contributed by atoms with Gasteiger partial charge >= 0.3 is 0 Å². The van der Waals surface area contributed by atoms with Gasteiger partial charge in [0.15, 0.2) is 0 Å². The molecular formula is C24H20Br2N2O2S. The summed E-state index contributed by atoms with van der Waals surface area (Å²) in [6.07, 6.45) is 5.38. The molecule has 7 heteroatoms. The van der Waals surface area contributed by atoms with Crippen LogP contribution in [-0.2, 0) is 10.0 Å². The third-order valence-electron chi connectivity index (χ3n) is 5.95. The molecule has 0 radical (unpaired) electrons. The largest absolute Gasteiger partial charge is 0.378 e. The van der Waals surface area contributed by atoms with Crippen LogP contribution in [0.4, 0.5) is 11.4 Å². The molecule has 0 unspecified atom stereocenters. The average Bonchev–Trinajstić information content (AvgIpc) is 3.24. The molecule has 0 saturated carbocycles. The van der Waals surface area contributed by atoms with Gasteiger partial charge in [-0.25, -0.2) is 8.42 Å². The number of benzene rings is 3. The fourth-order valence-electron chi connectivity index (χ4n) is 4.50. The van der Waals surface area contributed by atoms with Crippen LogP contribution in [0.25, 0.3) is 0 Å². The van der Waals surface area contributed by atoms with Gasteiger partial charge in [-0.2, -0.15) is 0 Å². The van der Waals surface area contributed by atoms with E-state index < -0.39 is 10.0 Å². The third-order valence-corrected chi connectivity index (χ3v) is 8.35. The molecule has 5 rings (SSSR count). The number of halogens is 2. The Balaban J connectivity index is 1.49. The summed E-state index contributed by atoms with van der Waals surface area (Å²) in [4.78, 5) is 0.274. The second-order valence-electron chi connectivity index (χ2n) is 7.89. The zero-order chi connectivity index (χ0) is 21.6. The molecule has 0 bridgehead atoms. The smallest absolute Gasteiger partial charge is 0.261 e. The van der Waals surface area contributed by atoms with Gasteiger partial charge in [-0.05, 0) is 78.1 Å². The predicted octanol–water partition coefficient (Wildman–Crippen LogP) is 6.84. The number of allylic oxidation sites excluding steroid dienone is 2. The van der Waals surface area contributed by atoms with Crippen LogP contribution in [0.2, 0.25) is 0 Å². The van der Waals surface area contributed by atoms with Gasteiger partial charge in [0.1, 0.15) is 0 Å². The van der Waals surface area contributed by atoms with Crippen molar-refractivity contribution in [2.24, 2.45) is 5.92 Å². The van der Waals surface area contributed by atoms with E-state index in [1.807, 2.05) is 30.3 Å². The summed E-state index contributed by atoms with van der Waals surface area (Å²) in [5.74, 6) is 0.530. The van der Waals surface area contributed by atoms with Crippen LogP contribution >= 0.6 is 31.9 Å². The lowest BCUT2D eigenvalue weighted by atomic mass is 9.77. The lowest BCUT2D eigenvalue weighted by Gasteiger charge is -2.37. The summed E-state index contributed by atoms with van der Waals surface area (Å²) in [7, 11) is -3.68. The molecule has 0 aromatic heterocycles. The number of nitrogens with one attached hydrogen (secondary N) is 2. The quantitative estimate of drug-likeness (QED) is 0.344. The normalized spacial score (nSPS) is 21.8. The summed E-state index contributed by atoms with van der Waals surface area (Å²) in [6.45, 7) is 0. The lowest BCUT2D eigenvalue weighted by molar-refractivity contribution is 0.425. The van der Waals surface area contributed by atoms with Crippen LogP contribution in [-0.4, -0.2) is 8.42 Å². The van der Waals surface area contributed by atoms with Crippen LogP contribution in [0.5, 0.6) is 0 Å². The topological polar surface area (TPSA) is 58.2 Å². The number of rotatable bonds is 4. The Labute approximate surface area is 199 Å². The highest BCUT2D eigenvalue weighted by Gasteiger charge is 2.38. The van der Waals surface area contributed by atoms with Crippen LogP contribution in [0.1, 0.15) is 29.5 Å². The molecule has 3 atom stereocenters. The molecule has 0 saturated heterocycles. The fraction of sp³-hybridized carbons (Fsp3) is 0.167. The van der Waals surface area contributed by atoms with E-state index in [4.69, 9.17) is 0 Å². The SMILES string of the molecule is O=S(=O)(Nc1ccc(Br)cc1)c1ccc2c(c1)[C@H]1C=CC[C@H]1[C@@H](c1cccc(Br)c1)N2. The van der Waals surface area contributed by atoms with Gasteiger partial charge in [0.05, 0.1) is 10.9 Å². The van der Waals surface area contributed by atoms with Crippen LogP contribution in [0.15, 0.2) is 92.7 Å². The first kappa shape index (κ1) is 20.8. The highest BCUT2D eigenvalue weighted by Crippen LogP contribution is 2.50. The zero-order valence-corrected chi connectivity index (χ0v) is 20.4. The Morgan fingerprint density at radius 1 is 0.935 bits per heavy atom. The number of fused-ring (bicyclic) bond motifs is 3. The van der Waals surface area contributed by atoms with Crippen molar-refractivity contribution in [3.8, 4) is 0 Å². The van der Waals surface area contributed by atoms with Crippen molar-refractivity contribution in [1.29, 1.82) is 0 Å². The molecule has 0 spiro atoms. The van der Waals surface area contributed by atoms with Gasteiger partial charge in [-0.3, -0.25) is 4.72 Å². The standard InChI is InChI=1S/C24H20Br2N2O2S/c25-16-7-9-18(10-8-16)28-31(29,30)19-11-12-23-22(14-19)20-5-2-6-21(20)24(27-23)15-3-1-4-17(26)13-15/h1-5,7-14,20-21,24,27-28H,6H2/t20-,21+,24+/m0/s1. The van der Waals surface area contributed by atoms with Gasteiger partial charge in [0.2, 0.25) is 0 Å². The lowest BCUT2D eigenvalue weighted by Crippen LogP contribution is -2.29. The molecule has 1 aliphatic carbocycles. The summed E-state index contributed by atoms with van der Waals surface area (Å²) >= 11 is 6.95. The van der Waals surface area contributed by atoms with Gasteiger partial charge in [0.25, 0.3) is 10.0 Å². The van der Waals surface area contributed by atoms with Crippen LogP contribution < -0.4 is 10.0 Å². The van der Waals surface area contributed by atoms with E-state index in [9.17, 15) is 8.42 Å². The zero-order valence-electron chi connectivity index (χ0n) is 16.4. The molecule has 2 aliphatic rings. The molecule has 2 N–H and O–H groups in total. The highest BCUT2D eigenvalue weighted by molar-refractivity contribution is 9.10. The maximum Gasteiger partial charge on any atom is 0.261 e. The minimum absolute atomic E-state index is 0.174. The van der Waals surface area contributed by atoms with Crippen molar-refractivity contribution in [1.82, 2.24) is 0 Å². The van der Waals surface area contributed by atoms with Crippen molar-refractivity contribution in [2.75, 3.05) is 10.0 Å². The van der Waals surface area contributed by atoms with Crippen LogP contribution in [0, 0.1) is 5.92 Å². The van der Waals surface area contributed by atoms with E-state index in [1.165, 1.54) is 5.56 Å². The molecule has 31 heavy (non-hydrogen) atoms. The van der Waals surface area contributed by atoms with Gasteiger partial charge in [-0.1, -0.05) is 56.1 Å². The number of hydrogen-bond donors (Lipinski definition) is 2. The van der Waals surface area contributed by atoms with E-state index in [0.29, 0.717) is 11.6 Å². The Morgan fingerprint density at radius 3 is 2.52 bits per heavy atom. The molecule has 0 fully saturated rings. The molecule has 4 nitrogen and oxygen atoms in total. The monoisotopic (exact) mass is 558 g/mol. The first-order chi connectivity index (χ1) is 14.9. The minimum Gasteiger partial charge on any atom is -0.378 e. The van der Waals surface area contributed by atoms with Gasteiger partial charge < -0.3 is 5.32 Å². The Morgan fingerprint density at radius 2 is 1.74 bits per heavy atom. The summed E-state index contributed by atoms with van der Waals surface area (Å²) in [5, 5.41) is 3.67. The fourth-order valence-corrected chi connectivity index (χ4v) is 6.28. The second kappa shape index (κ2) is 8.11. The summed E-state index contributed by atoms with van der Waals surface area (Å²) in [5.41, 5.74) is 3.78. The third kappa shape index (κ3) is 4.06. The number of anilines is 2. The van der Waals surface area contributed by atoms with Crippen molar-refractivity contribution in [2.45, 2.75) is 23.3 Å². The van der Waals surface area contributed by atoms with Gasteiger partial charge in [0, 0.05) is 26.2 Å². The van der Waals surface area contributed by atoms with Crippen LogP contribution in [0.3, 0.4) is 0 Å². The summed E-state index contributed by atoms with van der Waals surface area (Å²) < 4.78 is 30.7. The Hall–Kier alpha value is -2.09. The molecule has 3 aromatic rings. The van der Waals surface area contributed by atoms with E-state index in [0.717, 1.165) is 26.6 Å². The van der Waals surface area contributed by atoms with E-state index in [1.54, 1.807) is 18.2 Å². The number of sulfonamides is 1. The summed E-state index contributed by atoms with van der Waals surface area (Å²) in [6, 6.07) is 21.0. The van der Waals surface area contributed by atoms with E-state index in [-0.39, 0.29) is 16.9 Å². The first-order valence-corrected chi connectivity index (χ1v) is 13.1. The molecule has 1 heterocycles. The molecule has 158 valence electrons. The molecule has 0 amide bonds. The van der Waals surface area contributed by atoms with Crippen molar-refractivity contribution < 1.29 is 8.42 Å². The van der Waals surface area contributed by atoms with E-state index in [2.05, 4.69) is 72.2 Å². The van der Waals surface area contributed by atoms with Crippen molar-refractivity contribution in [3.05, 3.63) is 99.0 Å². The van der Waals surface area contributed by atoms with E-state index >= 15 is 0 Å². The molecule has 1 aliphatic heterocycles. The molecular weight excluding hydrogens is 540 g/mol. The predicted molar refractivity (Wildman–Crippen MR) is 132 cm³/mol. The maximum absolute atomic E-state index is 13.0. The molecule has 3 aromatic carbocycles. The second-order valence-corrected chi connectivity index (χ2v) is 11.4. The van der Waals surface area contributed by atoms with Crippen molar-refractivity contribution >= 4 is 53.3 Å². The van der Waals surface area contributed by atoms with Crippen molar-refractivity contribution in [3.63, 3.8) is 0 Å². The first-order valence-electron chi connectivity index (χ1n) is 10.0. The Kier molecular flexibility index (Phi) is 5.44. The van der Waals surface area contributed by atoms with Gasteiger partial charge in [-0.15, -0.1) is 0 Å².